The Morgan fingerprint density at radius 1 is 1.14 bits per heavy atom. The number of fused-ring (bicyclic) bond motifs is 2. The van der Waals surface area contributed by atoms with E-state index in [9.17, 15) is 14.3 Å². The third-order valence-corrected chi connectivity index (χ3v) is 4.18. The van der Waals surface area contributed by atoms with E-state index in [1.165, 1.54) is 18.2 Å². The molecule has 110 valence electrons. The molecule has 1 aromatic heterocycles. The summed E-state index contributed by atoms with van der Waals surface area (Å²) >= 11 is 0. The zero-order chi connectivity index (χ0) is 15.5. The Balaban J connectivity index is 2.03. The highest BCUT2D eigenvalue weighted by atomic mass is 19.1. The Bertz CT molecular complexity index is 932. The average molecular weight is 296 g/mol. The number of carbonyl (C=O) groups is 1. The zero-order valence-electron chi connectivity index (χ0n) is 11.8. The van der Waals surface area contributed by atoms with Crippen LogP contribution in [-0.2, 0) is 10.4 Å². The number of aromatic amines is 1. The first-order valence-electron chi connectivity index (χ1n) is 6.92. The van der Waals surface area contributed by atoms with Crippen molar-refractivity contribution in [3.05, 3.63) is 65.1 Å². The van der Waals surface area contributed by atoms with Crippen LogP contribution in [0.25, 0.3) is 10.9 Å². The van der Waals surface area contributed by atoms with Crippen LogP contribution in [0.3, 0.4) is 0 Å². The van der Waals surface area contributed by atoms with Crippen molar-refractivity contribution < 1.29 is 14.3 Å². The molecule has 1 unspecified atom stereocenters. The number of rotatable bonds is 1. The maximum Gasteiger partial charge on any atom is 0.265 e. The summed E-state index contributed by atoms with van der Waals surface area (Å²) in [7, 11) is 0. The van der Waals surface area contributed by atoms with Gasteiger partial charge in [-0.15, -0.1) is 0 Å². The lowest BCUT2D eigenvalue weighted by atomic mass is 9.87. The first-order valence-corrected chi connectivity index (χ1v) is 6.92. The van der Waals surface area contributed by atoms with Gasteiger partial charge in [0.05, 0.1) is 0 Å². The normalized spacial score (nSPS) is 20.2. The largest absolute Gasteiger partial charge is 0.372 e. The van der Waals surface area contributed by atoms with E-state index in [0.29, 0.717) is 11.3 Å². The standard InChI is InChI=1S/C17H13FN2O2/c1-9-2-4-14-11(6-9)13(8-19-14)17(22)12-7-10(18)3-5-15(12)20-16(17)21/h2-8,19,22H,1H3,(H,20,21). The van der Waals surface area contributed by atoms with Gasteiger partial charge in [0.1, 0.15) is 5.82 Å². The van der Waals surface area contributed by atoms with Crippen LogP contribution >= 0.6 is 0 Å². The molecule has 5 heteroatoms. The van der Waals surface area contributed by atoms with Crippen LogP contribution in [0.2, 0.25) is 0 Å². The smallest absolute Gasteiger partial charge is 0.265 e. The predicted octanol–water partition coefficient (Wildman–Crippen LogP) is 2.80. The SMILES string of the molecule is Cc1ccc2[nH]cc(C3(O)C(=O)Nc4ccc(F)cc43)c2c1. The number of aryl methyl sites for hydroxylation is 1. The molecule has 0 bridgehead atoms. The number of anilines is 1. The summed E-state index contributed by atoms with van der Waals surface area (Å²) in [5, 5.41) is 14.4. The highest BCUT2D eigenvalue weighted by Crippen LogP contribution is 2.43. The number of halogens is 1. The Morgan fingerprint density at radius 3 is 2.77 bits per heavy atom. The van der Waals surface area contributed by atoms with Gasteiger partial charge in [0.2, 0.25) is 0 Å². The van der Waals surface area contributed by atoms with E-state index >= 15 is 0 Å². The number of H-pyrrole nitrogens is 1. The zero-order valence-corrected chi connectivity index (χ0v) is 11.8. The molecule has 1 aliphatic rings. The summed E-state index contributed by atoms with van der Waals surface area (Å²) in [4.78, 5) is 15.4. The van der Waals surface area contributed by atoms with Gasteiger partial charge in [0.15, 0.2) is 5.60 Å². The highest BCUT2D eigenvalue weighted by molar-refractivity contribution is 6.09. The molecule has 4 rings (SSSR count). The van der Waals surface area contributed by atoms with Crippen LogP contribution in [0.4, 0.5) is 10.1 Å². The summed E-state index contributed by atoms with van der Waals surface area (Å²) in [6, 6.07) is 9.63. The number of amides is 1. The second kappa shape index (κ2) is 4.18. The van der Waals surface area contributed by atoms with Crippen LogP contribution in [-0.4, -0.2) is 16.0 Å². The Morgan fingerprint density at radius 2 is 1.95 bits per heavy atom. The summed E-state index contributed by atoms with van der Waals surface area (Å²) in [6.45, 7) is 1.93. The maximum atomic E-state index is 13.6. The first kappa shape index (κ1) is 13.0. The third-order valence-electron chi connectivity index (χ3n) is 4.18. The molecule has 0 spiro atoms. The van der Waals surface area contributed by atoms with Gasteiger partial charge >= 0.3 is 0 Å². The van der Waals surface area contributed by atoms with Gasteiger partial charge in [-0.05, 0) is 37.3 Å². The van der Waals surface area contributed by atoms with Crippen molar-refractivity contribution in [2.24, 2.45) is 0 Å². The lowest BCUT2D eigenvalue weighted by Crippen LogP contribution is -2.35. The number of aromatic nitrogens is 1. The van der Waals surface area contributed by atoms with Gasteiger partial charge in [-0.3, -0.25) is 4.79 Å². The van der Waals surface area contributed by atoms with Crippen molar-refractivity contribution >= 4 is 22.5 Å². The van der Waals surface area contributed by atoms with E-state index in [-0.39, 0.29) is 5.56 Å². The monoisotopic (exact) mass is 296 g/mol. The summed E-state index contributed by atoms with van der Waals surface area (Å²) in [5.41, 5.74) is 1.01. The number of aliphatic hydroxyl groups is 1. The molecule has 3 aromatic rings. The molecule has 2 aromatic carbocycles. The maximum absolute atomic E-state index is 13.6. The predicted molar refractivity (Wildman–Crippen MR) is 81.1 cm³/mol. The molecule has 0 saturated carbocycles. The molecule has 0 aliphatic carbocycles. The van der Waals surface area contributed by atoms with E-state index in [0.717, 1.165) is 16.5 Å². The van der Waals surface area contributed by atoms with E-state index in [2.05, 4.69) is 10.3 Å². The molecule has 3 N–H and O–H groups in total. The number of benzene rings is 2. The number of hydrogen-bond donors (Lipinski definition) is 3. The quantitative estimate of drug-likeness (QED) is 0.646. The number of carbonyl (C=O) groups excluding carboxylic acids is 1. The van der Waals surface area contributed by atoms with E-state index in [1.807, 2.05) is 25.1 Å². The molecule has 1 atom stereocenters. The fourth-order valence-electron chi connectivity index (χ4n) is 3.06. The first-order chi connectivity index (χ1) is 10.5. The average Bonchev–Trinajstić information content (AvgIpc) is 3.00. The molecule has 1 aliphatic heterocycles. The molecule has 4 nitrogen and oxygen atoms in total. The summed E-state index contributed by atoms with van der Waals surface area (Å²) < 4.78 is 13.6. The van der Waals surface area contributed by atoms with Gasteiger partial charge in [-0.2, -0.15) is 0 Å². The lowest BCUT2D eigenvalue weighted by molar-refractivity contribution is -0.129. The molecule has 2 heterocycles. The van der Waals surface area contributed by atoms with E-state index < -0.39 is 17.3 Å². The van der Waals surface area contributed by atoms with Crippen molar-refractivity contribution in [3.63, 3.8) is 0 Å². The minimum atomic E-state index is -1.90. The van der Waals surface area contributed by atoms with E-state index in [1.54, 1.807) is 6.20 Å². The van der Waals surface area contributed by atoms with Crippen molar-refractivity contribution in [1.29, 1.82) is 0 Å². The van der Waals surface area contributed by atoms with Gasteiger partial charge < -0.3 is 15.4 Å². The van der Waals surface area contributed by atoms with Crippen molar-refractivity contribution in [1.82, 2.24) is 4.98 Å². The van der Waals surface area contributed by atoms with Crippen LogP contribution < -0.4 is 5.32 Å². The molecule has 1 amide bonds. The molecule has 0 radical (unpaired) electrons. The molecule has 0 saturated heterocycles. The minimum absolute atomic E-state index is 0.236. The van der Waals surface area contributed by atoms with Crippen LogP contribution in [0, 0.1) is 12.7 Å². The minimum Gasteiger partial charge on any atom is -0.372 e. The van der Waals surface area contributed by atoms with Crippen LogP contribution in [0.15, 0.2) is 42.6 Å². The van der Waals surface area contributed by atoms with Crippen molar-refractivity contribution in [3.8, 4) is 0 Å². The van der Waals surface area contributed by atoms with Gasteiger partial charge in [-0.25, -0.2) is 4.39 Å². The fraction of sp³-hybridized carbons (Fsp3) is 0.118. The van der Waals surface area contributed by atoms with Crippen LogP contribution in [0.1, 0.15) is 16.7 Å². The summed E-state index contributed by atoms with van der Waals surface area (Å²) in [5.74, 6) is -1.07. The van der Waals surface area contributed by atoms with Crippen molar-refractivity contribution in [2.75, 3.05) is 5.32 Å². The van der Waals surface area contributed by atoms with Crippen molar-refractivity contribution in [2.45, 2.75) is 12.5 Å². The van der Waals surface area contributed by atoms with E-state index in [4.69, 9.17) is 0 Å². The fourth-order valence-corrected chi connectivity index (χ4v) is 3.06. The molecular formula is C17H13FN2O2. The molecule has 22 heavy (non-hydrogen) atoms. The van der Waals surface area contributed by atoms with Gasteiger partial charge in [-0.1, -0.05) is 11.6 Å². The van der Waals surface area contributed by atoms with Gasteiger partial charge in [0.25, 0.3) is 5.91 Å². The lowest BCUT2D eigenvalue weighted by Gasteiger charge is -2.20. The number of nitrogens with one attached hydrogen (secondary N) is 2. The number of hydrogen-bond acceptors (Lipinski definition) is 2. The topological polar surface area (TPSA) is 65.1 Å². The second-order valence-electron chi connectivity index (χ2n) is 5.61. The Hall–Kier alpha value is -2.66. The molecule has 0 fully saturated rings. The second-order valence-corrected chi connectivity index (χ2v) is 5.61. The highest BCUT2D eigenvalue weighted by Gasteiger charge is 2.48. The Kier molecular flexibility index (Phi) is 2.47. The third kappa shape index (κ3) is 1.57. The summed E-state index contributed by atoms with van der Waals surface area (Å²) in [6.07, 6.45) is 1.60. The molecular weight excluding hydrogens is 283 g/mol. The van der Waals surface area contributed by atoms with Crippen LogP contribution in [0.5, 0.6) is 0 Å². The van der Waals surface area contributed by atoms with Gasteiger partial charge in [0, 0.05) is 33.9 Å². The Labute approximate surface area is 125 Å².